The van der Waals surface area contributed by atoms with Crippen LogP contribution < -0.4 is 10.2 Å². The number of rotatable bonds is 3. The van der Waals surface area contributed by atoms with Crippen LogP contribution in [-0.2, 0) is 4.74 Å². The summed E-state index contributed by atoms with van der Waals surface area (Å²) >= 11 is 1.56. The molecule has 5 rings (SSSR count). The lowest BCUT2D eigenvalue weighted by atomic mass is 10.1. The molecule has 3 aromatic rings. The summed E-state index contributed by atoms with van der Waals surface area (Å²) in [6, 6.07) is 14.0. The molecule has 160 valence electrons. The van der Waals surface area contributed by atoms with Gasteiger partial charge in [-0.15, -0.1) is 0 Å². The van der Waals surface area contributed by atoms with Crippen molar-refractivity contribution in [3.63, 3.8) is 0 Å². The van der Waals surface area contributed by atoms with Crippen molar-refractivity contribution >= 4 is 39.6 Å². The minimum Gasteiger partial charge on any atom is -0.372 e. The molecule has 8 heteroatoms. The number of nitrogens with zero attached hydrogens (tertiary/aromatic N) is 3. The molecule has 1 aromatic heterocycles. The predicted molar refractivity (Wildman–Crippen MR) is 126 cm³/mol. The molecule has 0 radical (unpaired) electrons. The lowest BCUT2D eigenvalue weighted by Gasteiger charge is -2.37. The quantitative estimate of drug-likeness (QED) is 0.656. The summed E-state index contributed by atoms with van der Waals surface area (Å²) < 4.78 is 5.87. The highest BCUT2D eigenvalue weighted by atomic mass is 32.2. The molecule has 7 nitrogen and oxygen atoms in total. The summed E-state index contributed by atoms with van der Waals surface area (Å²) in [5.41, 5.74) is 4.18. The summed E-state index contributed by atoms with van der Waals surface area (Å²) in [6.07, 6.45) is 0.393. The van der Waals surface area contributed by atoms with Crippen molar-refractivity contribution in [2.24, 2.45) is 4.99 Å². The van der Waals surface area contributed by atoms with Gasteiger partial charge in [0.2, 0.25) is 0 Å². The Morgan fingerprint density at radius 3 is 2.77 bits per heavy atom. The highest BCUT2D eigenvalue weighted by Gasteiger charge is 2.23. The predicted octanol–water partition coefficient (Wildman–Crippen LogP) is 3.68. The van der Waals surface area contributed by atoms with E-state index in [1.165, 1.54) is 0 Å². The van der Waals surface area contributed by atoms with Crippen molar-refractivity contribution in [2.75, 3.05) is 30.3 Å². The summed E-state index contributed by atoms with van der Waals surface area (Å²) in [5.74, 6) is 1.48. The average molecular weight is 436 g/mol. The number of carbonyl (C=O) groups excluding carboxylic acids is 1. The zero-order chi connectivity index (χ0) is 21.4. The summed E-state index contributed by atoms with van der Waals surface area (Å²) in [5, 5.41) is 3.58. The normalized spacial score (nSPS) is 21.4. The highest BCUT2D eigenvalue weighted by Crippen LogP contribution is 2.28. The van der Waals surface area contributed by atoms with E-state index in [9.17, 15) is 4.79 Å². The molecule has 2 atom stereocenters. The zero-order valence-electron chi connectivity index (χ0n) is 17.6. The van der Waals surface area contributed by atoms with Crippen LogP contribution in [0.5, 0.6) is 0 Å². The standard InChI is InChI=1S/C23H25N5O2S/c1-14-12-28(13-15(2)30-14)17-6-3-5-16(11-17)21-25-19-8-4-7-18(20(19)26-21)22(29)27-23-24-9-10-31-23/h3-8,11,14-15H,9-10,12-13H2,1-2H3,(H,25,26)(H,24,27,29)/t14-,15?/m1/s1. The molecule has 0 bridgehead atoms. The molecule has 2 aromatic carbocycles. The number of benzene rings is 2. The van der Waals surface area contributed by atoms with Crippen LogP contribution in [0, 0.1) is 0 Å². The molecule has 0 saturated carbocycles. The van der Waals surface area contributed by atoms with Gasteiger partial charge in [-0.1, -0.05) is 30.0 Å². The largest absolute Gasteiger partial charge is 0.372 e. The van der Waals surface area contributed by atoms with Crippen LogP contribution >= 0.6 is 11.8 Å². The number of morpholine rings is 1. The first-order valence-electron chi connectivity index (χ1n) is 10.5. The van der Waals surface area contributed by atoms with Gasteiger partial charge in [-0.2, -0.15) is 0 Å². The number of aliphatic imine (C=N–C) groups is 1. The average Bonchev–Trinajstić information content (AvgIpc) is 3.42. The molecule has 31 heavy (non-hydrogen) atoms. The Morgan fingerprint density at radius 2 is 2.00 bits per heavy atom. The second-order valence-electron chi connectivity index (χ2n) is 7.99. The van der Waals surface area contributed by atoms with Crippen molar-refractivity contribution in [3.05, 3.63) is 48.0 Å². The van der Waals surface area contributed by atoms with Crippen molar-refractivity contribution in [1.29, 1.82) is 0 Å². The van der Waals surface area contributed by atoms with E-state index in [4.69, 9.17) is 9.72 Å². The van der Waals surface area contributed by atoms with Crippen LogP contribution in [0.25, 0.3) is 22.4 Å². The fourth-order valence-corrected chi connectivity index (χ4v) is 4.89. The van der Waals surface area contributed by atoms with Gasteiger partial charge >= 0.3 is 0 Å². The number of thioether (sulfide) groups is 1. The highest BCUT2D eigenvalue weighted by molar-refractivity contribution is 8.14. The molecule has 1 amide bonds. The van der Waals surface area contributed by atoms with E-state index in [2.05, 4.69) is 46.2 Å². The number of H-pyrrole nitrogens is 1. The molecule has 1 fully saturated rings. The number of hydrogen-bond donors (Lipinski definition) is 2. The van der Waals surface area contributed by atoms with Crippen LogP contribution in [0.1, 0.15) is 24.2 Å². The third kappa shape index (κ3) is 4.18. The number of anilines is 1. The van der Waals surface area contributed by atoms with Crippen LogP contribution in [-0.4, -0.2) is 58.6 Å². The first-order chi connectivity index (χ1) is 15.1. The van der Waals surface area contributed by atoms with Gasteiger partial charge in [0.15, 0.2) is 5.17 Å². The Balaban J connectivity index is 1.45. The lowest BCUT2D eigenvalue weighted by Crippen LogP contribution is -2.45. The Kier molecular flexibility index (Phi) is 5.41. The van der Waals surface area contributed by atoms with Gasteiger partial charge < -0.3 is 19.9 Å². The molecule has 0 spiro atoms. The summed E-state index contributed by atoms with van der Waals surface area (Å²) in [6.45, 7) is 6.68. The van der Waals surface area contributed by atoms with Gasteiger partial charge in [-0.25, -0.2) is 4.98 Å². The molecule has 2 aliphatic rings. The Bertz CT molecular complexity index is 1150. The second kappa shape index (κ2) is 8.36. The molecular weight excluding hydrogens is 410 g/mol. The summed E-state index contributed by atoms with van der Waals surface area (Å²) in [7, 11) is 0. The maximum atomic E-state index is 12.8. The van der Waals surface area contributed by atoms with Crippen molar-refractivity contribution in [3.8, 4) is 11.4 Å². The number of nitrogens with one attached hydrogen (secondary N) is 2. The van der Waals surface area contributed by atoms with Gasteiger partial charge in [-0.3, -0.25) is 9.79 Å². The number of para-hydroxylation sites is 1. The maximum absolute atomic E-state index is 12.8. The zero-order valence-corrected chi connectivity index (χ0v) is 18.4. The number of aromatic nitrogens is 2. The van der Waals surface area contributed by atoms with E-state index >= 15 is 0 Å². The van der Waals surface area contributed by atoms with Crippen molar-refractivity contribution in [2.45, 2.75) is 26.1 Å². The second-order valence-corrected chi connectivity index (χ2v) is 9.07. The molecule has 2 aliphatic heterocycles. The monoisotopic (exact) mass is 435 g/mol. The van der Waals surface area contributed by atoms with E-state index in [1.807, 2.05) is 24.3 Å². The number of imidazole rings is 1. The minimum atomic E-state index is -0.179. The third-order valence-corrected chi connectivity index (χ3v) is 6.36. The fraction of sp³-hybridized carbons (Fsp3) is 0.348. The van der Waals surface area contributed by atoms with E-state index in [0.717, 1.165) is 48.0 Å². The number of ether oxygens (including phenoxy) is 1. The SMILES string of the molecule is CC1CN(c2cccc(-c3nc4c(C(=O)NC5=NCCS5)cccc4[nH]3)c2)C[C@@H](C)O1. The van der Waals surface area contributed by atoms with Gasteiger partial charge in [-0.05, 0) is 38.1 Å². The topological polar surface area (TPSA) is 82.6 Å². The van der Waals surface area contributed by atoms with E-state index in [-0.39, 0.29) is 18.1 Å². The fourth-order valence-electron chi connectivity index (χ4n) is 4.17. The van der Waals surface area contributed by atoms with Gasteiger partial charge in [0, 0.05) is 30.1 Å². The smallest absolute Gasteiger partial charge is 0.259 e. The number of amides is 1. The van der Waals surface area contributed by atoms with Crippen molar-refractivity contribution < 1.29 is 9.53 Å². The molecule has 0 aliphatic carbocycles. The third-order valence-electron chi connectivity index (χ3n) is 5.47. The molecular formula is C23H25N5O2S. The number of aromatic amines is 1. The van der Waals surface area contributed by atoms with E-state index < -0.39 is 0 Å². The molecule has 2 N–H and O–H groups in total. The van der Waals surface area contributed by atoms with Crippen LogP contribution in [0.4, 0.5) is 5.69 Å². The number of hydrogen-bond acceptors (Lipinski definition) is 6. The van der Waals surface area contributed by atoms with Crippen molar-refractivity contribution in [1.82, 2.24) is 15.3 Å². The molecule has 1 saturated heterocycles. The molecule has 1 unspecified atom stereocenters. The Labute approximate surface area is 185 Å². The van der Waals surface area contributed by atoms with Gasteiger partial charge in [0.25, 0.3) is 5.91 Å². The number of amidine groups is 1. The van der Waals surface area contributed by atoms with Gasteiger partial charge in [0.1, 0.15) is 11.3 Å². The minimum absolute atomic E-state index is 0.179. The number of fused-ring (bicyclic) bond motifs is 1. The van der Waals surface area contributed by atoms with Crippen LogP contribution in [0.3, 0.4) is 0 Å². The maximum Gasteiger partial charge on any atom is 0.259 e. The van der Waals surface area contributed by atoms with E-state index in [0.29, 0.717) is 16.2 Å². The number of carbonyl (C=O) groups is 1. The summed E-state index contributed by atoms with van der Waals surface area (Å²) in [4.78, 5) is 27.6. The van der Waals surface area contributed by atoms with E-state index in [1.54, 1.807) is 17.8 Å². The first-order valence-corrected chi connectivity index (χ1v) is 11.5. The van der Waals surface area contributed by atoms with Crippen LogP contribution in [0.2, 0.25) is 0 Å². The Hall–Kier alpha value is -2.84. The Morgan fingerprint density at radius 1 is 1.19 bits per heavy atom. The molecule has 3 heterocycles. The first kappa shape index (κ1) is 20.1. The van der Waals surface area contributed by atoms with Gasteiger partial charge in [0.05, 0.1) is 29.8 Å². The van der Waals surface area contributed by atoms with Crippen LogP contribution in [0.15, 0.2) is 47.5 Å². The lowest BCUT2D eigenvalue weighted by molar-refractivity contribution is -0.00521.